The van der Waals surface area contributed by atoms with E-state index in [0.29, 0.717) is 18.8 Å². The SMILES string of the molecule is Cc1cccc(CNCc2cc(C(=O)O)oc2C)n1. The van der Waals surface area contributed by atoms with Crippen molar-refractivity contribution in [1.29, 1.82) is 0 Å². The van der Waals surface area contributed by atoms with E-state index in [9.17, 15) is 4.79 Å². The molecule has 0 aliphatic carbocycles. The molecule has 0 unspecified atom stereocenters. The number of furan rings is 1. The third-order valence-electron chi connectivity index (χ3n) is 2.80. The monoisotopic (exact) mass is 260 g/mol. The van der Waals surface area contributed by atoms with Gasteiger partial charge in [0.15, 0.2) is 0 Å². The van der Waals surface area contributed by atoms with Crippen molar-refractivity contribution in [2.24, 2.45) is 0 Å². The van der Waals surface area contributed by atoms with Gasteiger partial charge in [-0.15, -0.1) is 0 Å². The zero-order chi connectivity index (χ0) is 13.8. The normalized spacial score (nSPS) is 10.6. The Kier molecular flexibility index (Phi) is 3.97. The molecule has 100 valence electrons. The number of hydrogen-bond acceptors (Lipinski definition) is 4. The summed E-state index contributed by atoms with van der Waals surface area (Å²) in [7, 11) is 0. The first-order valence-electron chi connectivity index (χ1n) is 6.02. The van der Waals surface area contributed by atoms with Gasteiger partial charge >= 0.3 is 5.97 Å². The third-order valence-corrected chi connectivity index (χ3v) is 2.80. The van der Waals surface area contributed by atoms with Crippen LogP contribution >= 0.6 is 0 Å². The molecule has 5 heteroatoms. The predicted molar refractivity (Wildman–Crippen MR) is 69.9 cm³/mol. The maximum Gasteiger partial charge on any atom is 0.371 e. The van der Waals surface area contributed by atoms with E-state index in [0.717, 1.165) is 17.0 Å². The summed E-state index contributed by atoms with van der Waals surface area (Å²) in [6, 6.07) is 7.41. The Bertz CT molecular complexity index is 590. The number of hydrogen-bond donors (Lipinski definition) is 2. The van der Waals surface area contributed by atoms with E-state index in [1.165, 1.54) is 0 Å². The number of carbonyl (C=O) groups is 1. The molecule has 0 spiro atoms. The number of nitrogens with zero attached hydrogens (tertiary/aromatic N) is 1. The topological polar surface area (TPSA) is 75.4 Å². The molecule has 2 rings (SSSR count). The molecular formula is C14H16N2O3. The highest BCUT2D eigenvalue weighted by molar-refractivity contribution is 5.84. The maximum atomic E-state index is 10.8. The predicted octanol–water partition coefficient (Wildman–Crippen LogP) is 2.28. The van der Waals surface area contributed by atoms with Crippen LogP contribution in [-0.4, -0.2) is 16.1 Å². The number of rotatable bonds is 5. The third kappa shape index (κ3) is 3.42. The first-order valence-corrected chi connectivity index (χ1v) is 6.02. The quantitative estimate of drug-likeness (QED) is 0.862. The Morgan fingerprint density at radius 1 is 1.37 bits per heavy atom. The van der Waals surface area contributed by atoms with Gasteiger partial charge in [-0.1, -0.05) is 6.07 Å². The fraction of sp³-hybridized carbons (Fsp3) is 0.286. The van der Waals surface area contributed by atoms with E-state index in [4.69, 9.17) is 9.52 Å². The second-order valence-electron chi connectivity index (χ2n) is 4.37. The van der Waals surface area contributed by atoms with Crippen LogP contribution in [0.3, 0.4) is 0 Å². The smallest absolute Gasteiger partial charge is 0.371 e. The van der Waals surface area contributed by atoms with E-state index in [-0.39, 0.29) is 5.76 Å². The molecule has 0 aromatic carbocycles. The highest BCUT2D eigenvalue weighted by atomic mass is 16.4. The second-order valence-corrected chi connectivity index (χ2v) is 4.37. The van der Waals surface area contributed by atoms with E-state index < -0.39 is 5.97 Å². The Balaban J connectivity index is 1.94. The van der Waals surface area contributed by atoms with E-state index >= 15 is 0 Å². The highest BCUT2D eigenvalue weighted by Crippen LogP contribution is 2.14. The standard InChI is InChI=1S/C14H16N2O3/c1-9-4-3-5-12(16-9)8-15-7-11-6-13(14(17)18)19-10(11)2/h3-6,15H,7-8H2,1-2H3,(H,17,18). The molecule has 19 heavy (non-hydrogen) atoms. The number of pyridine rings is 1. The molecule has 0 fully saturated rings. The minimum Gasteiger partial charge on any atom is -0.475 e. The summed E-state index contributed by atoms with van der Waals surface area (Å²) < 4.78 is 5.14. The highest BCUT2D eigenvalue weighted by Gasteiger charge is 2.12. The molecule has 0 saturated carbocycles. The van der Waals surface area contributed by atoms with Crippen molar-refractivity contribution in [1.82, 2.24) is 10.3 Å². The van der Waals surface area contributed by atoms with Crippen molar-refractivity contribution in [2.75, 3.05) is 0 Å². The van der Waals surface area contributed by atoms with Crippen LogP contribution in [0.2, 0.25) is 0 Å². The molecule has 0 saturated heterocycles. The molecule has 0 atom stereocenters. The fourth-order valence-corrected chi connectivity index (χ4v) is 1.82. The van der Waals surface area contributed by atoms with Crippen molar-refractivity contribution in [3.8, 4) is 0 Å². The van der Waals surface area contributed by atoms with Gasteiger partial charge in [-0.2, -0.15) is 0 Å². The zero-order valence-electron chi connectivity index (χ0n) is 10.9. The lowest BCUT2D eigenvalue weighted by Crippen LogP contribution is -2.14. The van der Waals surface area contributed by atoms with Crippen LogP contribution in [0.4, 0.5) is 0 Å². The molecule has 2 heterocycles. The Morgan fingerprint density at radius 2 is 2.16 bits per heavy atom. The summed E-state index contributed by atoms with van der Waals surface area (Å²) in [6.07, 6.45) is 0. The van der Waals surface area contributed by atoms with Crippen LogP contribution in [0.5, 0.6) is 0 Å². The molecule has 0 aliphatic rings. The van der Waals surface area contributed by atoms with Crippen LogP contribution in [-0.2, 0) is 13.1 Å². The molecule has 0 aliphatic heterocycles. The van der Waals surface area contributed by atoms with Gasteiger partial charge in [0.25, 0.3) is 0 Å². The van der Waals surface area contributed by atoms with Crippen LogP contribution in [0.15, 0.2) is 28.7 Å². The zero-order valence-corrected chi connectivity index (χ0v) is 10.9. The molecule has 0 bridgehead atoms. The number of aromatic nitrogens is 1. The lowest BCUT2D eigenvalue weighted by atomic mass is 10.2. The summed E-state index contributed by atoms with van der Waals surface area (Å²) in [5.74, 6) is -0.445. The lowest BCUT2D eigenvalue weighted by Gasteiger charge is -2.04. The number of carboxylic acid groups (broad SMARTS) is 1. The Hall–Kier alpha value is -2.14. The minimum atomic E-state index is -1.05. The number of carboxylic acids is 1. The number of nitrogens with one attached hydrogen (secondary N) is 1. The molecule has 5 nitrogen and oxygen atoms in total. The molecule has 2 N–H and O–H groups in total. The average Bonchev–Trinajstić information content (AvgIpc) is 2.71. The van der Waals surface area contributed by atoms with E-state index in [2.05, 4.69) is 10.3 Å². The molecular weight excluding hydrogens is 244 g/mol. The summed E-state index contributed by atoms with van der Waals surface area (Å²) >= 11 is 0. The van der Waals surface area contributed by atoms with Crippen LogP contribution in [0, 0.1) is 13.8 Å². The van der Waals surface area contributed by atoms with Crippen LogP contribution in [0.1, 0.15) is 33.3 Å². The maximum absolute atomic E-state index is 10.8. The second kappa shape index (κ2) is 5.67. The summed E-state index contributed by atoms with van der Waals surface area (Å²) in [4.78, 5) is 15.2. The van der Waals surface area contributed by atoms with Gasteiger partial charge in [0.05, 0.1) is 5.69 Å². The first kappa shape index (κ1) is 13.3. The molecule has 0 radical (unpaired) electrons. The van der Waals surface area contributed by atoms with Crippen molar-refractivity contribution < 1.29 is 14.3 Å². The van der Waals surface area contributed by atoms with Crippen molar-refractivity contribution in [3.63, 3.8) is 0 Å². The van der Waals surface area contributed by atoms with Gasteiger partial charge in [-0.25, -0.2) is 4.79 Å². The van der Waals surface area contributed by atoms with Crippen molar-refractivity contribution in [3.05, 3.63) is 52.7 Å². The van der Waals surface area contributed by atoms with Gasteiger partial charge in [0.2, 0.25) is 5.76 Å². The van der Waals surface area contributed by atoms with Crippen molar-refractivity contribution in [2.45, 2.75) is 26.9 Å². The summed E-state index contributed by atoms with van der Waals surface area (Å²) in [5, 5.41) is 12.1. The largest absolute Gasteiger partial charge is 0.475 e. The van der Waals surface area contributed by atoms with Crippen molar-refractivity contribution >= 4 is 5.97 Å². The minimum absolute atomic E-state index is 0.0250. The van der Waals surface area contributed by atoms with E-state index in [1.54, 1.807) is 13.0 Å². The Labute approximate surface area is 111 Å². The molecule has 0 amide bonds. The Morgan fingerprint density at radius 3 is 2.79 bits per heavy atom. The van der Waals surface area contributed by atoms with E-state index in [1.807, 2.05) is 25.1 Å². The van der Waals surface area contributed by atoms with Gasteiger partial charge in [-0.05, 0) is 32.0 Å². The van der Waals surface area contributed by atoms with Crippen LogP contribution < -0.4 is 5.32 Å². The number of aromatic carboxylic acids is 1. The average molecular weight is 260 g/mol. The number of aryl methyl sites for hydroxylation is 2. The molecule has 2 aromatic rings. The van der Waals surface area contributed by atoms with Gasteiger partial charge in [0, 0.05) is 24.3 Å². The van der Waals surface area contributed by atoms with Gasteiger partial charge in [0.1, 0.15) is 5.76 Å². The van der Waals surface area contributed by atoms with Crippen LogP contribution in [0.25, 0.3) is 0 Å². The summed E-state index contributed by atoms with van der Waals surface area (Å²) in [5.41, 5.74) is 2.79. The first-order chi connectivity index (χ1) is 9.06. The molecule has 2 aromatic heterocycles. The van der Waals surface area contributed by atoms with Gasteiger partial charge < -0.3 is 14.8 Å². The summed E-state index contributed by atoms with van der Waals surface area (Å²) in [6.45, 7) is 4.89. The lowest BCUT2D eigenvalue weighted by molar-refractivity contribution is 0.0661. The van der Waals surface area contributed by atoms with Gasteiger partial charge in [-0.3, -0.25) is 4.98 Å². The fourth-order valence-electron chi connectivity index (χ4n) is 1.82.